The standard InChI is InChI=1S/C22H27N7O/c1-12-14-9-8-13(21(30)28(6)7)10-15(14)26-17(12)18-16-19(23-5)24-11-25-20(16)29(27-18)22(2,3)4/h8-11,26H,1-7H3,(H,23,24,25). The van der Waals surface area contributed by atoms with Crippen molar-refractivity contribution in [2.24, 2.45) is 0 Å². The van der Waals surface area contributed by atoms with E-state index in [0.29, 0.717) is 5.56 Å². The van der Waals surface area contributed by atoms with Crippen molar-refractivity contribution in [3.63, 3.8) is 0 Å². The summed E-state index contributed by atoms with van der Waals surface area (Å²) in [4.78, 5) is 26.4. The van der Waals surface area contributed by atoms with E-state index in [2.05, 4.69) is 48.0 Å². The van der Waals surface area contributed by atoms with Gasteiger partial charge in [-0.25, -0.2) is 14.6 Å². The van der Waals surface area contributed by atoms with Gasteiger partial charge >= 0.3 is 0 Å². The molecule has 8 nitrogen and oxygen atoms in total. The number of rotatable bonds is 3. The van der Waals surface area contributed by atoms with Crippen LogP contribution < -0.4 is 5.32 Å². The van der Waals surface area contributed by atoms with E-state index in [1.165, 1.54) is 0 Å². The van der Waals surface area contributed by atoms with Crippen molar-refractivity contribution in [1.82, 2.24) is 29.6 Å². The highest BCUT2D eigenvalue weighted by Gasteiger charge is 2.26. The quantitative estimate of drug-likeness (QED) is 0.541. The second-order valence-corrected chi connectivity index (χ2v) is 8.69. The van der Waals surface area contributed by atoms with Gasteiger partial charge in [-0.1, -0.05) is 6.07 Å². The van der Waals surface area contributed by atoms with Gasteiger partial charge in [0.1, 0.15) is 17.8 Å². The first-order chi connectivity index (χ1) is 14.1. The summed E-state index contributed by atoms with van der Waals surface area (Å²) >= 11 is 0. The summed E-state index contributed by atoms with van der Waals surface area (Å²) in [6, 6.07) is 5.75. The number of fused-ring (bicyclic) bond motifs is 2. The largest absolute Gasteiger partial charge is 0.372 e. The molecule has 4 aromatic rings. The smallest absolute Gasteiger partial charge is 0.253 e. The minimum Gasteiger partial charge on any atom is -0.372 e. The number of aryl methyl sites for hydroxylation is 1. The molecule has 156 valence electrons. The molecule has 8 heteroatoms. The van der Waals surface area contributed by atoms with Gasteiger partial charge in [0.05, 0.1) is 16.6 Å². The molecule has 0 aliphatic heterocycles. The van der Waals surface area contributed by atoms with Gasteiger partial charge in [0.15, 0.2) is 5.65 Å². The van der Waals surface area contributed by atoms with Crippen LogP contribution in [0, 0.1) is 6.92 Å². The fourth-order valence-electron chi connectivity index (χ4n) is 3.75. The fraction of sp³-hybridized carbons (Fsp3) is 0.364. The van der Waals surface area contributed by atoms with Crippen LogP contribution in [0.25, 0.3) is 33.3 Å². The number of hydrogen-bond acceptors (Lipinski definition) is 5. The first kappa shape index (κ1) is 19.9. The van der Waals surface area contributed by atoms with E-state index in [1.807, 2.05) is 29.9 Å². The Labute approximate surface area is 175 Å². The third-order valence-corrected chi connectivity index (χ3v) is 5.29. The lowest BCUT2D eigenvalue weighted by molar-refractivity contribution is 0.0827. The second kappa shape index (κ2) is 6.83. The number of carbonyl (C=O) groups is 1. The third-order valence-electron chi connectivity index (χ3n) is 5.29. The maximum atomic E-state index is 12.4. The Hall–Kier alpha value is -3.42. The number of benzene rings is 1. The lowest BCUT2D eigenvalue weighted by Crippen LogP contribution is -2.23. The summed E-state index contributed by atoms with van der Waals surface area (Å²) in [6.07, 6.45) is 1.55. The lowest BCUT2D eigenvalue weighted by Gasteiger charge is -2.19. The van der Waals surface area contributed by atoms with E-state index in [4.69, 9.17) is 5.10 Å². The third kappa shape index (κ3) is 2.99. The molecule has 30 heavy (non-hydrogen) atoms. The predicted molar refractivity (Wildman–Crippen MR) is 120 cm³/mol. The van der Waals surface area contributed by atoms with Gasteiger partial charge in [0.2, 0.25) is 0 Å². The Morgan fingerprint density at radius 1 is 1.20 bits per heavy atom. The molecule has 0 atom stereocenters. The number of nitrogens with zero attached hydrogens (tertiary/aromatic N) is 5. The van der Waals surface area contributed by atoms with Crippen LogP contribution in [0.5, 0.6) is 0 Å². The van der Waals surface area contributed by atoms with Crippen LogP contribution in [0.4, 0.5) is 5.82 Å². The van der Waals surface area contributed by atoms with Gasteiger partial charge < -0.3 is 15.2 Å². The van der Waals surface area contributed by atoms with Crippen LogP contribution in [0.1, 0.15) is 36.7 Å². The number of amides is 1. The molecule has 0 aliphatic carbocycles. The normalized spacial score (nSPS) is 12.0. The molecule has 0 saturated heterocycles. The highest BCUT2D eigenvalue weighted by atomic mass is 16.2. The summed E-state index contributed by atoms with van der Waals surface area (Å²) in [5.74, 6) is 0.700. The van der Waals surface area contributed by atoms with Gasteiger partial charge in [-0.2, -0.15) is 5.10 Å². The summed E-state index contributed by atoms with van der Waals surface area (Å²) < 4.78 is 1.94. The van der Waals surface area contributed by atoms with Crippen molar-refractivity contribution in [1.29, 1.82) is 0 Å². The molecule has 0 fully saturated rings. The van der Waals surface area contributed by atoms with Crippen LogP contribution in [0.3, 0.4) is 0 Å². The van der Waals surface area contributed by atoms with Crippen LogP contribution in [0.15, 0.2) is 24.5 Å². The molecule has 1 aromatic carbocycles. The molecular formula is C22H27N7O. The van der Waals surface area contributed by atoms with E-state index in [9.17, 15) is 4.79 Å². The average molecular weight is 406 g/mol. The summed E-state index contributed by atoms with van der Waals surface area (Å²) in [7, 11) is 5.35. The number of hydrogen-bond donors (Lipinski definition) is 2. The van der Waals surface area contributed by atoms with E-state index >= 15 is 0 Å². The Kier molecular flexibility index (Phi) is 4.52. The zero-order valence-corrected chi connectivity index (χ0v) is 18.5. The zero-order chi connectivity index (χ0) is 21.8. The van der Waals surface area contributed by atoms with Crippen LogP contribution in [-0.2, 0) is 5.54 Å². The molecule has 4 rings (SSSR count). The first-order valence-corrected chi connectivity index (χ1v) is 9.89. The van der Waals surface area contributed by atoms with Crippen molar-refractivity contribution in [2.45, 2.75) is 33.2 Å². The van der Waals surface area contributed by atoms with Crippen molar-refractivity contribution < 1.29 is 4.79 Å². The van der Waals surface area contributed by atoms with Gasteiger partial charge in [-0.3, -0.25) is 4.79 Å². The van der Waals surface area contributed by atoms with Gasteiger partial charge in [0.25, 0.3) is 5.91 Å². The molecule has 2 N–H and O–H groups in total. The summed E-state index contributed by atoms with van der Waals surface area (Å²) in [5, 5.41) is 10.0. The topological polar surface area (TPSA) is 91.7 Å². The van der Waals surface area contributed by atoms with Gasteiger partial charge in [-0.05, 0) is 45.4 Å². The van der Waals surface area contributed by atoms with Gasteiger partial charge in [0, 0.05) is 37.6 Å². The molecule has 1 amide bonds. The van der Waals surface area contributed by atoms with Crippen molar-refractivity contribution in [3.8, 4) is 11.4 Å². The summed E-state index contributed by atoms with van der Waals surface area (Å²) in [6.45, 7) is 8.36. The Balaban J connectivity index is 2.00. The van der Waals surface area contributed by atoms with Crippen molar-refractivity contribution in [3.05, 3.63) is 35.7 Å². The first-order valence-electron chi connectivity index (χ1n) is 9.89. The van der Waals surface area contributed by atoms with Crippen LogP contribution in [0.2, 0.25) is 0 Å². The Morgan fingerprint density at radius 3 is 2.57 bits per heavy atom. The van der Waals surface area contributed by atoms with E-state index < -0.39 is 0 Å². The Morgan fingerprint density at radius 2 is 1.93 bits per heavy atom. The predicted octanol–water partition coefficient (Wildman–Crippen LogP) is 3.78. The number of carbonyl (C=O) groups excluding carboxylic acids is 1. The zero-order valence-electron chi connectivity index (χ0n) is 18.5. The number of anilines is 1. The second-order valence-electron chi connectivity index (χ2n) is 8.69. The molecule has 0 saturated carbocycles. The molecule has 0 aliphatic rings. The van der Waals surface area contributed by atoms with E-state index in [1.54, 1.807) is 25.3 Å². The number of aromatic nitrogens is 5. The van der Waals surface area contributed by atoms with E-state index in [0.717, 1.165) is 44.7 Å². The molecule has 3 heterocycles. The fourth-order valence-corrected chi connectivity index (χ4v) is 3.75. The molecule has 0 bridgehead atoms. The molecule has 3 aromatic heterocycles. The highest BCUT2D eigenvalue weighted by Crippen LogP contribution is 2.37. The Bertz CT molecular complexity index is 1270. The molecule has 0 unspecified atom stereocenters. The van der Waals surface area contributed by atoms with Crippen LogP contribution in [-0.4, -0.2) is 56.7 Å². The number of aromatic amines is 1. The lowest BCUT2D eigenvalue weighted by atomic mass is 10.1. The number of nitrogens with one attached hydrogen (secondary N) is 2. The summed E-state index contributed by atoms with van der Waals surface area (Å²) in [5.41, 5.74) is 4.83. The van der Waals surface area contributed by atoms with Gasteiger partial charge in [-0.15, -0.1) is 0 Å². The minimum atomic E-state index is -0.249. The monoisotopic (exact) mass is 405 g/mol. The van der Waals surface area contributed by atoms with Crippen molar-refractivity contribution >= 4 is 33.7 Å². The van der Waals surface area contributed by atoms with Crippen LogP contribution >= 0.6 is 0 Å². The average Bonchev–Trinajstić information content (AvgIpc) is 3.25. The van der Waals surface area contributed by atoms with E-state index in [-0.39, 0.29) is 11.4 Å². The molecule has 0 radical (unpaired) electrons. The molecule has 0 spiro atoms. The maximum Gasteiger partial charge on any atom is 0.253 e. The number of H-pyrrole nitrogens is 1. The highest BCUT2D eigenvalue weighted by molar-refractivity contribution is 6.04. The van der Waals surface area contributed by atoms with Crippen molar-refractivity contribution in [2.75, 3.05) is 26.5 Å². The SMILES string of the molecule is CNc1ncnc2c1c(-c1[nH]c3cc(C(=O)N(C)C)ccc3c1C)nn2C(C)(C)C. The minimum absolute atomic E-state index is 0.0287. The maximum absolute atomic E-state index is 12.4. The molecular weight excluding hydrogens is 378 g/mol.